The van der Waals surface area contributed by atoms with Crippen LogP contribution in [0.15, 0.2) is 24.5 Å². The monoisotopic (exact) mass is 269 g/mol. The summed E-state index contributed by atoms with van der Waals surface area (Å²) < 4.78 is 40.7. The van der Waals surface area contributed by atoms with Gasteiger partial charge in [-0.15, -0.1) is 0 Å². The van der Waals surface area contributed by atoms with Crippen molar-refractivity contribution in [1.29, 1.82) is 0 Å². The third-order valence-corrected chi connectivity index (χ3v) is 2.67. The van der Waals surface area contributed by atoms with Gasteiger partial charge in [-0.05, 0) is 12.1 Å². The smallest absolute Gasteiger partial charge is 0.195 e. The predicted octanol–water partition coefficient (Wildman–Crippen LogP) is 1.72. The molecule has 0 aliphatic heterocycles. The van der Waals surface area contributed by atoms with Gasteiger partial charge in [0.1, 0.15) is 0 Å². The standard InChI is InChI=1S/C12H10F3N3O/c1-18-5-6(4-17-18)11(16)12(19)7-2-3-8(13)10(15)9(7)14/h2-5,11H,16H2,1H3. The number of aromatic nitrogens is 2. The molecule has 2 rings (SSSR count). The van der Waals surface area contributed by atoms with Gasteiger partial charge in [0.2, 0.25) is 0 Å². The van der Waals surface area contributed by atoms with E-state index in [1.54, 1.807) is 7.05 Å². The van der Waals surface area contributed by atoms with E-state index in [1.807, 2.05) is 0 Å². The van der Waals surface area contributed by atoms with E-state index in [2.05, 4.69) is 5.10 Å². The highest BCUT2D eigenvalue weighted by molar-refractivity contribution is 6.00. The fourth-order valence-corrected chi connectivity index (χ4v) is 1.64. The Hall–Kier alpha value is -2.15. The molecule has 0 fully saturated rings. The van der Waals surface area contributed by atoms with E-state index in [0.717, 1.165) is 6.07 Å². The van der Waals surface area contributed by atoms with Crippen LogP contribution >= 0.6 is 0 Å². The molecule has 0 bridgehead atoms. The molecule has 1 unspecified atom stereocenters. The summed E-state index contributed by atoms with van der Waals surface area (Å²) in [6, 6.07) is 0.363. The topological polar surface area (TPSA) is 60.9 Å². The Bertz CT molecular complexity index is 639. The quantitative estimate of drug-likeness (QED) is 0.681. The van der Waals surface area contributed by atoms with Gasteiger partial charge in [-0.2, -0.15) is 5.10 Å². The zero-order valence-electron chi connectivity index (χ0n) is 9.90. The molecule has 0 radical (unpaired) electrons. The molecule has 7 heteroatoms. The summed E-state index contributed by atoms with van der Waals surface area (Å²) in [6.45, 7) is 0. The molecule has 0 aliphatic carbocycles. The molecule has 0 amide bonds. The van der Waals surface area contributed by atoms with Crippen molar-refractivity contribution >= 4 is 5.78 Å². The van der Waals surface area contributed by atoms with Crippen LogP contribution in [0.25, 0.3) is 0 Å². The predicted molar refractivity (Wildman–Crippen MR) is 60.8 cm³/mol. The zero-order chi connectivity index (χ0) is 14.2. The van der Waals surface area contributed by atoms with Crippen LogP contribution in [-0.4, -0.2) is 15.6 Å². The van der Waals surface area contributed by atoms with E-state index in [9.17, 15) is 18.0 Å². The SMILES string of the molecule is Cn1cc(C(N)C(=O)c2ccc(F)c(F)c2F)cn1. The van der Waals surface area contributed by atoms with Crippen LogP contribution in [0.2, 0.25) is 0 Å². The van der Waals surface area contributed by atoms with Crippen LogP contribution in [0.4, 0.5) is 13.2 Å². The summed E-state index contributed by atoms with van der Waals surface area (Å²) in [4.78, 5) is 11.9. The average molecular weight is 269 g/mol. The average Bonchev–Trinajstić information content (AvgIpc) is 2.81. The van der Waals surface area contributed by atoms with Crippen molar-refractivity contribution in [3.05, 3.63) is 53.1 Å². The number of carbonyl (C=O) groups is 1. The first kappa shape index (κ1) is 13.3. The fraction of sp³-hybridized carbons (Fsp3) is 0.167. The molecule has 0 saturated carbocycles. The number of hydrogen-bond acceptors (Lipinski definition) is 3. The van der Waals surface area contributed by atoms with Gasteiger partial charge in [0, 0.05) is 18.8 Å². The molecule has 1 aromatic heterocycles. The Morgan fingerprint density at radius 1 is 1.32 bits per heavy atom. The van der Waals surface area contributed by atoms with E-state index in [1.165, 1.54) is 17.1 Å². The van der Waals surface area contributed by atoms with Crippen molar-refractivity contribution in [3.8, 4) is 0 Å². The molecule has 1 heterocycles. The minimum Gasteiger partial charge on any atom is -0.317 e. The van der Waals surface area contributed by atoms with Crippen LogP contribution in [0.1, 0.15) is 22.0 Å². The summed E-state index contributed by atoms with van der Waals surface area (Å²) >= 11 is 0. The number of nitrogens with two attached hydrogens (primary N) is 1. The summed E-state index contributed by atoms with van der Waals surface area (Å²) in [5.74, 6) is -5.43. The summed E-state index contributed by atoms with van der Waals surface area (Å²) in [7, 11) is 1.62. The van der Waals surface area contributed by atoms with Crippen LogP contribution in [0.5, 0.6) is 0 Å². The van der Waals surface area contributed by atoms with Crippen LogP contribution < -0.4 is 5.73 Å². The zero-order valence-corrected chi connectivity index (χ0v) is 9.90. The van der Waals surface area contributed by atoms with Crippen LogP contribution in [0, 0.1) is 17.5 Å². The molecule has 4 nitrogen and oxygen atoms in total. The molecule has 0 aliphatic rings. The Morgan fingerprint density at radius 2 is 2.00 bits per heavy atom. The number of nitrogens with zero attached hydrogens (tertiary/aromatic N) is 2. The number of carbonyl (C=O) groups excluding carboxylic acids is 1. The minimum atomic E-state index is -1.69. The van der Waals surface area contributed by atoms with Crippen molar-refractivity contribution in [1.82, 2.24) is 9.78 Å². The van der Waals surface area contributed by atoms with Gasteiger partial charge < -0.3 is 5.73 Å². The first-order valence-electron chi connectivity index (χ1n) is 5.33. The lowest BCUT2D eigenvalue weighted by Crippen LogP contribution is -2.22. The number of Topliss-reactive ketones (excluding diaryl/α,β-unsaturated/α-hetero) is 1. The maximum atomic E-state index is 13.5. The molecule has 0 saturated heterocycles. The highest BCUT2D eigenvalue weighted by Crippen LogP contribution is 2.21. The normalized spacial score (nSPS) is 12.5. The molecule has 19 heavy (non-hydrogen) atoms. The third kappa shape index (κ3) is 2.37. The van der Waals surface area contributed by atoms with Crippen molar-refractivity contribution in [2.75, 3.05) is 0 Å². The third-order valence-electron chi connectivity index (χ3n) is 2.67. The van der Waals surface area contributed by atoms with E-state index in [-0.39, 0.29) is 0 Å². The van der Waals surface area contributed by atoms with Crippen molar-refractivity contribution < 1.29 is 18.0 Å². The lowest BCUT2D eigenvalue weighted by molar-refractivity contribution is 0.0956. The fourth-order valence-electron chi connectivity index (χ4n) is 1.64. The largest absolute Gasteiger partial charge is 0.317 e. The lowest BCUT2D eigenvalue weighted by Gasteiger charge is -2.09. The number of hydrogen-bond donors (Lipinski definition) is 1. The van der Waals surface area contributed by atoms with Crippen LogP contribution in [0.3, 0.4) is 0 Å². The Morgan fingerprint density at radius 3 is 2.58 bits per heavy atom. The molecule has 0 spiro atoms. The minimum absolute atomic E-state index is 0.358. The Balaban J connectivity index is 2.37. The van der Waals surface area contributed by atoms with Gasteiger partial charge in [-0.1, -0.05) is 0 Å². The number of ketones is 1. The summed E-state index contributed by atoms with van der Waals surface area (Å²) in [5, 5.41) is 3.82. The molecular formula is C12H10F3N3O. The number of benzene rings is 1. The van der Waals surface area contributed by atoms with Gasteiger partial charge in [0.25, 0.3) is 0 Å². The highest BCUT2D eigenvalue weighted by Gasteiger charge is 2.25. The van der Waals surface area contributed by atoms with Gasteiger partial charge in [-0.25, -0.2) is 13.2 Å². The molecule has 100 valence electrons. The molecular weight excluding hydrogens is 259 g/mol. The maximum absolute atomic E-state index is 13.5. The van der Waals surface area contributed by atoms with E-state index in [0.29, 0.717) is 11.6 Å². The first-order chi connectivity index (χ1) is 8.91. The van der Waals surface area contributed by atoms with Crippen molar-refractivity contribution in [3.63, 3.8) is 0 Å². The van der Waals surface area contributed by atoms with E-state index in [4.69, 9.17) is 5.73 Å². The number of aryl methyl sites for hydroxylation is 1. The van der Waals surface area contributed by atoms with Gasteiger partial charge in [0.05, 0.1) is 17.8 Å². The maximum Gasteiger partial charge on any atom is 0.195 e. The molecule has 2 N–H and O–H groups in total. The second kappa shape index (κ2) is 4.85. The summed E-state index contributed by atoms with van der Waals surface area (Å²) in [5.41, 5.74) is 5.43. The second-order valence-corrected chi connectivity index (χ2v) is 4.01. The Kier molecular flexibility index (Phi) is 3.39. The molecule has 1 aromatic carbocycles. The van der Waals surface area contributed by atoms with Crippen molar-refractivity contribution in [2.45, 2.75) is 6.04 Å². The molecule has 1 atom stereocenters. The second-order valence-electron chi connectivity index (χ2n) is 4.01. The van der Waals surface area contributed by atoms with Gasteiger partial charge in [-0.3, -0.25) is 9.48 Å². The van der Waals surface area contributed by atoms with Crippen LogP contribution in [-0.2, 0) is 7.05 Å². The van der Waals surface area contributed by atoms with Gasteiger partial charge in [0.15, 0.2) is 23.2 Å². The molecule has 2 aromatic rings. The first-order valence-corrected chi connectivity index (χ1v) is 5.33. The summed E-state index contributed by atoms with van der Waals surface area (Å²) in [6.07, 6.45) is 2.83. The van der Waals surface area contributed by atoms with Gasteiger partial charge >= 0.3 is 0 Å². The highest BCUT2D eigenvalue weighted by atomic mass is 19.2. The number of halogens is 3. The van der Waals surface area contributed by atoms with Crippen molar-refractivity contribution in [2.24, 2.45) is 12.8 Å². The number of rotatable bonds is 3. The Labute approximate surface area is 106 Å². The van der Waals surface area contributed by atoms with E-state index >= 15 is 0 Å². The lowest BCUT2D eigenvalue weighted by atomic mass is 10.00. The van der Waals surface area contributed by atoms with E-state index < -0.39 is 34.8 Å².